The predicted octanol–water partition coefficient (Wildman–Crippen LogP) is 8.44. The molecule has 4 aliphatic rings. The van der Waals surface area contributed by atoms with Gasteiger partial charge in [-0.15, -0.1) is 22.7 Å². The van der Waals surface area contributed by atoms with E-state index in [-0.39, 0.29) is 23.4 Å². The second-order valence-electron chi connectivity index (χ2n) is 11.1. The Hall–Kier alpha value is -2.08. The van der Waals surface area contributed by atoms with E-state index in [0.717, 1.165) is 87.3 Å². The number of morpholine rings is 2. The van der Waals surface area contributed by atoms with Crippen LogP contribution in [0.4, 0.5) is 5.00 Å². The molecule has 0 bridgehead atoms. The molecule has 2 aromatic heterocycles. The number of nitrogens with zero attached hydrogens (tertiary/aromatic N) is 1. The Balaban J connectivity index is 0.000000137. The van der Waals surface area contributed by atoms with Crippen LogP contribution in [0, 0.1) is 0 Å². The number of Topliss-reactive ketones (excluding diaryl/α,β-unsaturated/α-hetero) is 2. The monoisotopic (exact) mass is 746 g/mol. The number of benzene rings is 2. The Morgan fingerprint density at radius 2 is 1.20 bits per heavy atom. The molecule has 236 valence electrons. The van der Waals surface area contributed by atoms with Crippen LogP contribution in [0.15, 0.2) is 64.5 Å². The summed E-state index contributed by atoms with van der Waals surface area (Å²) in [5.41, 5.74) is 4.66. The third-order valence-electron chi connectivity index (χ3n) is 8.23. The molecule has 45 heavy (non-hydrogen) atoms. The highest BCUT2D eigenvalue weighted by atomic mass is 79.9. The van der Waals surface area contributed by atoms with Gasteiger partial charge in [0.15, 0.2) is 11.6 Å². The zero-order valence-corrected chi connectivity index (χ0v) is 29.3. The number of anilines is 1. The summed E-state index contributed by atoms with van der Waals surface area (Å²) in [5, 5.41) is 5.81. The van der Waals surface area contributed by atoms with Gasteiger partial charge < -0.3 is 19.7 Å². The molecule has 2 atom stereocenters. The van der Waals surface area contributed by atoms with Crippen LogP contribution >= 0.6 is 61.8 Å². The highest BCUT2D eigenvalue weighted by Crippen LogP contribution is 2.46. The van der Waals surface area contributed by atoms with Crippen molar-refractivity contribution in [2.45, 2.75) is 24.7 Å². The minimum Gasteiger partial charge on any atom is -0.379 e. The van der Waals surface area contributed by atoms with E-state index >= 15 is 0 Å². The van der Waals surface area contributed by atoms with Crippen LogP contribution in [0.3, 0.4) is 0 Å². The molecule has 0 spiro atoms. The van der Waals surface area contributed by atoms with E-state index in [0.29, 0.717) is 12.8 Å². The highest BCUT2D eigenvalue weighted by molar-refractivity contribution is 9.11. The van der Waals surface area contributed by atoms with Gasteiger partial charge in [0.25, 0.3) is 0 Å². The molecule has 2 fully saturated rings. The van der Waals surface area contributed by atoms with Crippen LogP contribution in [-0.2, 0) is 9.47 Å². The Morgan fingerprint density at radius 1 is 0.711 bits per heavy atom. The second-order valence-corrected chi connectivity index (χ2v) is 15.5. The molecule has 4 aromatic rings. The smallest absolute Gasteiger partial charge is 0.174 e. The van der Waals surface area contributed by atoms with Gasteiger partial charge in [0.05, 0.1) is 45.0 Å². The van der Waals surface area contributed by atoms with Gasteiger partial charge in [-0.2, -0.15) is 0 Å². The van der Waals surface area contributed by atoms with Crippen molar-refractivity contribution in [3.05, 3.63) is 107 Å². The fraction of sp³-hybridized carbons (Fsp3) is 0.353. The van der Waals surface area contributed by atoms with E-state index in [1.165, 1.54) is 27.5 Å². The zero-order chi connectivity index (χ0) is 31.3. The van der Waals surface area contributed by atoms with Crippen LogP contribution in [0.25, 0.3) is 0 Å². The van der Waals surface area contributed by atoms with Gasteiger partial charge in [0.1, 0.15) is 0 Å². The summed E-state index contributed by atoms with van der Waals surface area (Å²) < 4.78 is 11.4. The SMILES string of the molecule is C1COCCN1.O=C1CC(c2ccc(Cl)cc2)c2cc(Br)sc21.O=C1CC(c2ccc(Cl)cc2)c2cc(N3CCOCC3)sc21. The van der Waals surface area contributed by atoms with E-state index in [9.17, 15) is 9.59 Å². The maximum Gasteiger partial charge on any atom is 0.174 e. The molecule has 1 N–H and O–H groups in total. The normalized spacial score (nSPS) is 20.6. The minimum absolute atomic E-state index is 0.172. The molecule has 2 aliphatic carbocycles. The van der Waals surface area contributed by atoms with Gasteiger partial charge in [-0.25, -0.2) is 0 Å². The van der Waals surface area contributed by atoms with Crippen molar-refractivity contribution >= 4 is 78.4 Å². The Labute approximate surface area is 289 Å². The van der Waals surface area contributed by atoms with E-state index in [2.05, 4.69) is 38.3 Å². The summed E-state index contributed by atoms with van der Waals surface area (Å²) in [5.74, 6) is 0.873. The number of nitrogens with one attached hydrogen (secondary N) is 1. The van der Waals surface area contributed by atoms with Crippen LogP contribution in [0.5, 0.6) is 0 Å². The number of rotatable bonds is 3. The lowest BCUT2D eigenvalue weighted by molar-refractivity contribution is 0.0986. The molecular weight excluding hydrogens is 715 g/mol. The number of hydrogen-bond donors (Lipinski definition) is 1. The van der Waals surface area contributed by atoms with Crippen LogP contribution in [-0.4, -0.2) is 64.2 Å². The number of halogens is 3. The fourth-order valence-corrected chi connectivity index (χ4v) is 9.04. The number of thiophene rings is 2. The number of hydrogen-bond acceptors (Lipinski definition) is 8. The Bertz CT molecular complexity index is 1620. The van der Waals surface area contributed by atoms with Crippen molar-refractivity contribution in [1.82, 2.24) is 5.32 Å². The molecule has 8 rings (SSSR count). The first-order valence-corrected chi connectivity index (χ1v) is 18.2. The van der Waals surface area contributed by atoms with Crippen LogP contribution in [0.2, 0.25) is 10.0 Å². The summed E-state index contributed by atoms with van der Waals surface area (Å²) in [6.45, 7) is 7.16. The highest BCUT2D eigenvalue weighted by Gasteiger charge is 2.34. The van der Waals surface area contributed by atoms with E-state index < -0.39 is 0 Å². The number of carbonyl (C=O) groups excluding carboxylic acids is 2. The number of ether oxygens (including phenoxy) is 2. The van der Waals surface area contributed by atoms with Crippen molar-refractivity contribution < 1.29 is 19.1 Å². The first-order chi connectivity index (χ1) is 21.9. The minimum atomic E-state index is 0.172. The summed E-state index contributed by atoms with van der Waals surface area (Å²) in [4.78, 5) is 28.4. The lowest BCUT2D eigenvalue weighted by Crippen LogP contribution is -2.35. The summed E-state index contributed by atoms with van der Waals surface area (Å²) in [6, 6.07) is 19.9. The van der Waals surface area contributed by atoms with E-state index in [4.69, 9.17) is 32.7 Å². The lowest BCUT2D eigenvalue weighted by atomic mass is 9.94. The van der Waals surface area contributed by atoms with E-state index in [1.807, 2.05) is 48.5 Å². The standard InChI is InChI=1S/C17H16ClNO2S.C13H8BrClOS.C4H9NO/c18-12-3-1-11(2-4-12)13-9-15(20)17-14(13)10-16(22-17)19-5-7-21-8-6-19;14-12-6-10-9(5-11(16)13(10)17-12)7-1-3-8(15)4-2-7;1-3-6-4-2-5-1/h1-4,10,13H,5-9H2;1-4,6,9H,5H2;5H,1-4H2. The third kappa shape index (κ3) is 7.91. The quantitative estimate of drug-likeness (QED) is 0.227. The zero-order valence-electron chi connectivity index (χ0n) is 24.5. The fourth-order valence-electron chi connectivity index (χ4n) is 5.94. The van der Waals surface area contributed by atoms with Crippen molar-refractivity contribution in [2.24, 2.45) is 0 Å². The first-order valence-electron chi connectivity index (χ1n) is 15.0. The number of carbonyl (C=O) groups is 2. The molecule has 0 amide bonds. The average Bonchev–Trinajstić information content (AvgIpc) is 3.82. The molecule has 2 aromatic carbocycles. The predicted molar refractivity (Wildman–Crippen MR) is 188 cm³/mol. The first kappa shape index (κ1) is 32.8. The average molecular weight is 749 g/mol. The molecule has 0 saturated carbocycles. The van der Waals surface area contributed by atoms with Gasteiger partial charge in [-0.3, -0.25) is 9.59 Å². The van der Waals surface area contributed by atoms with Crippen LogP contribution in [0.1, 0.15) is 66.3 Å². The van der Waals surface area contributed by atoms with Gasteiger partial charge in [-0.05, 0) is 74.6 Å². The Kier molecular flexibility index (Phi) is 11.1. The molecule has 0 radical (unpaired) electrons. The number of ketones is 2. The summed E-state index contributed by atoms with van der Waals surface area (Å²) in [6.07, 6.45) is 1.16. The van der Waals surface area contributed by atoms with Crippen molar-refractivity contribution in [3.8, 4) is 0 Å². The Morgan fingerprint density at radius 3 is 1.69 bits per heavy atom. The van der Waals surface area contributed by atoms with Crippen molar-refractivity contribution in [1.29, 1.82) is 0 Å². The summed E-state index contributed by atoms with van der Waals surface area (Å²) >= 11 is 18.5. The second kappa shape index (κ2) is 15.2. The molecule has 11 heteroatoms. The maximum atomic E-state index is 12.4. The largest absolute Gasteiger partial charge is 0.379 e. The molecular formula is C34H33BrCl2N2O4S2. The number of fused-ring (bicyclic) bond motifs is 2. The molecule has 6 nitrogen and oxygen atoms in total. The maximum absolute atomic E-state index is 12.4. The van der Waals surface area contributed by atoms with Gasteiger partial charge in [-0.1, -0.05) is 47.5 Å². The van der Waals surface area contributed by atoms with Gasteiger partial charge in [0, 0.05) is 60.9 Å². The molecule has 4 heterocycles. The van der Waals surface area contributed by atoms with Gasteiger partial charge in [0.2, 0.25) is 0 Å². The van der Waals surface area contributed by atoms with Crippen molar-refractivity contribution in [2.75, 3.05) is 57.5 Å². The topological polar surface area (TPSA) is 67.9 Å². The molecule has 2 aliphatic heterocycles. The molecule has 2 saturated heterocycles. The van der Waals surface area contributed by atoms with Crippen molar-refractivity contribution in [3.63, 3.8) is 0 Å². The third-order valence-corrected chi connectivity index (χ3v) is 11.7. The molecule has 2 unspecified atom stereocenters. The summed E-state index contributed by atoms with van der Waals surface area (Å²) in [7, 11) is 0. The van der Waals surface area contributed by atoms with Gasteiger partial charge >= 0.3 is 0 Å². The van der Waals surface area contributed by atoms with Crippen LogP contribution < -0.4 is 10.2 Å². The van der Waals surface area contributed by atoms with E-state index in [1.54, 1.807) is 11.3 Å². The lowest BCUT2D eigenvalue weighted by Gasteiger charge is -2.27.